The molecule has 0 fully saturated rings. The third kappa shape index (κ3) is 3.17. The topological polar surface area (TPSA) is 68.0 Å². The Kier molecular flexibility index (Phi) is 3.72. The van der Waals surface area contributed by atoms with Gasteiger partial charge < -0.3 is 11.1 Å². The molecule has 6 heteroatoms. The lowest BCUT2D eigenvalue weighted by molar-refractivity contribution is -0.121. The minimum Gasteiger partial charge on any atom is -0.368 e. The zero-order valence-corrected chi connectivity index (χ0v) is 11.5. The first-order valence-electron chi connectivity index (χ1n) is 4.22. The number of amides is 1. The molecule has 0 radical (unpaired) electrons. The normalized spacial score (nSPS) is 11.2. The average Bonchev–Trinajstić information content (AvgIpc) is 2.09. The molecule has 0 saturated heterocycles. The quantitative estimate of drug-likeness (QED) is 0.889. The molecule has 0 aliphatic heterocycles. The van der Waals surface area contributed by atoms with Gasteiger partial charge in [-0.3, -0.25) is 4.79 Å². The molecule has 0 spiro atoms. The second kappa shape index (κ2) is 4.49. The zero-order chi connectivity index (χ0) is 11.6. The van der Waals surface area contributed by atoms with Crippen LogP contribution in [0.25, 0.3) is 0 Å². The van der Waals surface area contributed by atoms with Gasteiger partial charge in [0, 0.05) is 10.7 Å². The maximum Gasteiger partial charge on any atom is 0.242 e. The number of nitrogens with two attached hydrogens (primary N) is 1. The molecule has 1 aromatic rings. The van der Waals surface area contributed by atoms with Gasteiger partial charge in [0.05, 0.1) is 4.47 Å². The fourth-order valence-electron chi connectivity index (χ4n) is 0.864. The molecule has 0 aliphatic carbocycles. The Morgan fingerprint density at radius 1 is 1.53 bits per heavy atom. The van der Waals surface area contributed by atoms with E-state index in [1.54, 1.807) is 20.0 Å². The summed E-state index contributed by atoms with van der Waals surface area (Å²) in [5.41, 5.74) is 4.41. The van der Waals surface area contributed by atoms with E-state index in [0.29, 0.717) is 5.82 Å². The minimum atomic E-state index is -0.830. The summed E-state index contributed by atoms with van der Waals surface area (Å²) < 4.78 is 1.63. The van der Waals surface area contributed by atoms with E-state index in [2.05, 4.69) is 42.2 Å². The first kappa shape index (κ1) is 12.4. The van der Waals surface area contributed by atoms with Gasteiger partial charge in [-0.15, -0.1) is 0 Å². The average molecular weight is 337 g/mol. The van der Waals surface area contributed by atoms with Crippen molar-refractivity contribution in [2.24, 2.45) is 5.73 Å². The van der Waals surface area contributed by atoms with Crippen molar-refractivity contribution in [3.63, 3.8) is 0 Å². The summed E-state index contributed by atoms with van der Waals surface area (Å²) in [4.78, 5) is 15.2. The van der Waals surface area contributed by atoms with Crippen LogP contribution in [0.4, 0.5) is 5.82 Å². The molecule has 15 heavy (non-hydrogen) atoms. The summed E-state index contributed by atoms with van der Waals surface area (Å²) in [7, 11) is 0. The van der Waals surface area contributed by atoms with Gasteiger partial charge in [-0.05, 0) is 51.8 Å². The molecule has 0 atom stereocenters. The van der Waals surface area contributed by atoms with Crippen LogP contribution in [-0.2, 0) is 4.79 Å². The van der Waals surface area contributed by atoms with Crippen molar-refractivity contribution in [2.45, 2.75) is 19.4 Å². The Morgan fingerprint density at radius 3 is 2.60 bits per heavy atom. The van der Waals surface area contributed by atoms with Gasteiger partial charge in [0.15, 0.2) is 0 Å². The van der Waals surface area contributed by atoms with Crippen molar-refractivity contribution in [1.82, 2.24) is 4.98 Å². The van der Waals surface area contributed by atoms with Crippen molar-refractivity contribution in [2.75, 3.05) is 5.32 Å². The van der Waals surface area contributed by atoms with Gasteiger partial charge >= 0.3 is 0 Å². The van der Waals surface area contributed by atoms with Crippen LogP contribution in [0, 0.1) is 0 Å². The van der Waals surface area contributed by atoms with E-state index in [0.717, 1.165) is 8.95 Å². The van der Waals surface area contributed by atoms with Crippen molar-refractivity contribution >= 4 is 43.6 Å². The van der Waals surface area contributed by atoms with Crippen LogP contribution in [-0.4, -0.2) is 16.4 Å². The van der Waals surface area contributed by atoms with E-state index in [-0.39, 0.29) is 0 Å². The summed E-state index contributed by atoms with van der Waals surface area (Å²) >= 11 is 6.63. The lowest BCUT2D eigenvalue weighted by Gasteiger charge is -2.23. The molecule has 1 aromatic heterocycles. The number of rotatable bonds is 3. The van der Waals surface area contributed by atoms with Crippen LogP contribution in [0.5, 0.6) is 0 Å². The summed E-state index contributed by atoms with van der Waals surface area (Å²) in [6.07, 6.45) is 1.64. The SMILES string of the molecule is CC(C)(Nc1ncc(Br)cc1Br)C(N)=O. The maximum atomic E-state index is 11.1. The van der Waals surface area contributed by atoms with Gasteiger partial charge in [0.25, 0.3) is 0 Å². The smallest absolute Gasteiger partial charge is 0.242 e. The highest BCUT2D eigenvalue weighted by Crippen LogP contribution is 2.25. The van der Waals surface area contributed by atoms with Gasteiger partial charge in [-0.25, -0.2) is 4.98 Å². The number of aromatic nitrogens is 1. The molecule has 1 rings (SSSR count). The van der Waals surface area contributed by atoms with E-state index in [1.807, 2.05) is 6.07 Å². The van der Waals surface area contributed by atoms with E-state index in [9.17, 15) is 4.79 Å². The highest BCUT2D eigenvalue weighted by molar-refractivity contribution is 9.11. The van der Waals surface area contributed by atoms with Crippen LogP contribution < -0.4 is 11.1 Å². The predicted molar refractivity (Wildman–Crippen MR) is 66.5 cm³/mol. The predicted octanol–water partition coefficient (Wildman–Crippen LogP) is 2.28. The van der Waals surface area contributed by atoms with Crippen LogP contribution in [0.2, 0.25) is 0 Å². The molecule has 1 amide bonds. The van der Waals surface area contributed by atoms with Gasteiger partial charge in [-0.2, -0.15) is 0 Å². The number of primary amides is 1. The molecular weight excluding hydrogens is 326 g/mol. The second-order valence-corrected chi connectivity index (χ2v) is 5.37. The van der Waals surface area contributed by atoms with Crippen molar-refractivity contribution in [3.8, 4) is 0 Å². The lowest BCUT2D eigenvalue weighted by atomic mass is 10.1. The standard InChI is InChI=1S/C9H11Br2N3O/c1-9(2,8(12)15)14-7-6(11)3-5(10)4-13-7/h3-4H,1-2H3,(H2,12,15)(H,13,14). The molecule has 0 aliphatic rings. The van der Waals surface area contributed by atoms with Crippen LogP contribution in [0.15, 0.2) is 21.2 Å². The molecule has 4 nitrogen and oxygen atoms in total. The molecule has 0 aromatic carbocycles. The van der Waals surface area contributed by atoms with Crippen LogP contribution >= 0.6 is 31.9 Å². The highest BCUT2D eigenvalue weighted by Gasteiger charge is 2.25. The van der Waals surface area contributed by atoms with Crippen molar-refractivity contribution in [3.05, 3.63) is 21.2 Å². The van der Waals surface area contributed by atoms with E-state index in [1.165, 1.54) is 0 Å². The Morgan fingerprint density at radius 2 is 2.13 bits per heavy atom. The lowest BCUT2D eigenvalue weighted by Crippen LogP contribution is -2.45. The largest absolute Gasteiger partial charge is 0.368 e. The Bertz CT molecular complexity index is 393. The summed E-state index contributed by atoms with van der Waals surface area (Å²) in [6, 6.07) is 1.84. The number of hydrogen-bond acceptors (Lipinski definition) is 3. The monoisotopic (exact) mass is 335 g/mol. The number of anilines is 1. The molecule has 0 saturated carbocycles. The van der Waals surface area contributed by atoms with E-state index in [4.69, 9.17) is 5.73 Å². The number of nitrogens with one attached hydrogen (secondary N) is 1. The number of pyridine rings is 1. The highest BCUT2D eigenvalue weighted by atomic mass is 79.9. The molecule has 3 N–H and O–H groups in total. The number of halogens is 2. The fourth-order valence-corrected chi connectivity index (χ4v) is 1.95. The third-order valence-electron chi connectivity index (χ3n) is 1.85. The van der Waals surface area contributed by atoms with E-state index >= 15 is 0 Å². The maximum absolute atomic E-state index is 11.1. The van der Waals surface area contributed by atoms with Crippen molar-refractivity contribution in [1.29, 1.82) is 0 Å². The summed E-state index contributed by atoms with van der Waals surface area (Å²) in [5, 5.41) is 2.96. The molecule has 0 unspecified atom stereocenters. The first-order valence-corrected chi connectivity index (χ1v) is 5.80. The van der Waals surface area contributed by atoms with Gasteiger partial charge in [-0.1, -0.05) is 0 Å². The first-order chi connectivity index (χ1) is 6.83. The summed E-state index contributed by atoms with van der Waals surface area (Å²) in [6.45, 7) is 3.40. The number of carbonyl (C=O) groups is 1. The molecule has 0 bridgehead atoms. The van der Waals surface area contributed by atoms with Gasteiger partial charge in [0.2, 0.25) is 5.91 Å². The Balaban J connectivity index is 2.95. The molecule has 82 valence electrons. The number of nitrogens with zero attached hydrogens (tertiary/aromatic N) is 1. The third-order valence-corrected chi connectivity index (χ3v) is 2.89. The Labute approximate surface area is 105 Å². The zero-order valence-electron chi connectivity index (χ0n) is 8.34. The number of hydrogen-bond donors (Lipinski definition) is 2. The van der Waals surface area contributed by atoms with Crippen molar-refractivity contribution < 1.29 is 4.79 Å². The Hall–Kier alpha value is -0.620. The number of carbonyl (C=O) groups excluding carboxylic acids is 1. The second-order valence-electron chi connectivity index (χ2n) is 3.60. The minimum absolute atomic E-state index is 0.431. The molecule has 1 heterocycles. The van der Waals surface area contributed by atoms with Crippen LogP contribution in [0.3, 0.4) is 0 Å². The fraction of sp³-hybridized carbons (Fsp3) is 0.333. The van der Waals surface area contributed by atoms with Gasteiger partial charge in [0.1, 0.15) is 11.4 Å². The van der Waals surface area contributed by atoms with Crippen LogP contribution in [0.1, 0.15) is 13.8 Å². The molecular formula is C9H11Br2N3O. The summed E-state index contributed by atoms with van der Waals surface area (Å²) in [5.74, 6) is 0.154. The van der Waals surface area contributed by atoms with E-state index < -0.39 is 11.4 Å².